The maximum absolute atomic E-state index is 10.9. The Morgan fingerprint density at radius 3 is 2.68 bits per heavy atom. The van der Waals surface area contributed by atoms with Gasteiger partial charge in [0.15, 0.2) is 0 Å². The van der Waals surface area contributed by atoms with Crippen molar-refractivity contribution in [3.05, 3.63) is 59.2 Å². The molecule has 1 aromatic heterocycles. The van der Waals surface area contributed by atoms with E-state index in [0.717, 1.165) is 5.56 Å². The second-order valence-corrected chi connectivity index (χ2v) is 7.38. The molecule has 31 heavy (non-hydrogen) atoms. The summed E-state index contributed by atoms with van der Waals surface area (Å²) < 4.78 is 37.7. The Morgan fingerprint density at radius 2 is 1.97 bits per heavy atom. The Hall–Kier alpha value is -2.98. The molecule has 4 rings (SSSR count). The van der Waals surface area contributed by atoms with Crippen LogP contribution in [-0.2, 0) is 50.4 Å². The van der Waals surface area contributed by atoms with Gasteiger partial charge in [-0.1, -0.05) is 23.4 Å². The maximum Gasteiger partial charge on any atom is 0.258 e. The Labute approximate surface area is 194 Å². The van der Waals surface area contributed by atoms with Gasteiger partial charge in [0, 0.05) is 37.1 Å². The van der Waals surface area contributed by atoms with Gasteiger partial charge in [-0.05, 0) is 50.1 Å². The van der Waals surface area contributed by atoms with Gasteiger partial charge in [-0.15, -0.1) is 0 Å². The summed E-state index contributed by atoms with van der Waals surface area (Å²) in [5, 5.41) is 13.5. The molecule has 0 N–H and O–H groups in total. The largest absolute Gasteiger partial charge is 0.532 e. The summed E-state index contributed by atoms with van der Waals surface area (Å²) in [6, 6.07) is 12.6. The first-order valence-corrected chi connectivity index (χ1v) is 10.1. The minimum absolute atomic E-state index is 0. The van der Waals surface area contributed by atoms with Crippen molar-refractivity contribution in [2.75, 3.05) is 0 Å². The number of aromatic nitrogens is 2. The first kappa shape index (κ1) is 22.7. The van der Waals surface area contributed by atoms with E-state index in [0.29, 0.717) is 40.2 Å². The van der Waals surface area contributed by atoms with Crippen LogP contribution in [0, 0.1) is 11.3 Å². The van der Waals surface area contributed by atoms with E-state index >= 15 is 0 Å². The Morgan fingerprint density at radius 1 is 1.19 bits per heavy atom. The van der Waals surface area contributed by atoms with Crippen LogP contribution in [0.1, 0.15) is 30.5 Å². The number of rotatable bonds is 6. The van der Waals surface area contributed by atoms with Crippen molar-refractivity contribution in [3.63, 3.8) is 0 Å². The molecule has 0 bridgehead atoms. The van der Waals surface area contributed by atoms with Crippen molar-refractivity contribution < 1.29 is 42.3 Å². The zero-order chi connectivity index (χ0) is 21.3. The second kappa shape index (κ2) is 9.44. The maximum atomic E-state index is 10.9. The third-order valence-electron chi connectivity index (χ3n) is 4.47. The molecule has 8 nitrogen and oxygen atoms in total. The minimum atomic E-state index is -2.65. The van der Waals surface area contributed by atoms with Crippen LogP contribution < -0.4 is 4.74 Å². The van der Waals surface area contributed by atoms with Crippen LogP contribution in [0.4, 0.5) is 0 Å². The fourth-order valence-corrected chi connectivity index (χ4v) is 3.57. The predicted octanol–water partition coefficient (Wildman–Crippen LogP) is 4.20. The minimum Gasteiger partial charge on any atom is -0.532 e. The molecule has 1 aliphatic rings. The van der Waals surface area contributed by atoms with E-state index in [1.807, 2.05) is 19.9 Å². The van der Waals surface area contributed by atoms with Crippen molar-refractivity contribution in [2.45, 2.75) is 26.4 Å². The molecule has 0 spiro atoms. The van der Waals surface area contributed by atoms with Gasteiger partial charge in [0.1, 0.15) is 28.6 Å². The molecular formula is C21H16N3O5ReS-. The van der Waals surface area contributed by atoms with Crippen molar-refractivity contribution in [2.24, 2.45) is 0 Å². The van der Waals surface area contributed by atoms with Crippen molar-refractivity contribution in [3.8, 4) is 34.7 Å². The number of ether oxygens (including phenoxy) is 1. The predicted molar refractivity (Wildman–Crippen MR) is 107 cm³/mol. The van der Waals surface area contributed by atoms with Crippen LogP contribution in [-0.4, -0.2) is 16.2 Å². The molecule has 1 radical (unpaired) electrons. The SMILES string of the molecule is CC(C)Oc1ccc(-c2nc(-c3cccc4c3CC=C4O[S-](=O)=O)no2)cc1C#N.[Re]. The summed E-state index contributed by atoms with van der Waals surface area (Å²) in [7, 11) is -2.65. The molecule has 10 heteroatoms. The summed E-state index contributed by atoms with van der Waals surface area (Å²) in [5.74, 6) is 1.40. The van der Waals surface area contributed by atoms with Gasteiger partial charge in [0.2, 0.25) is 5.82 Å². The average molecular weight is 609 g/mol. The van der Waals surface area contributed by atoms with E-state index in [-0.39, 0.29) is 38.2 Å². The van der Waals surface area contributed by atoms with Crippen molar-refractivity contribution in [1.82, 2.24) is 10.1 Å². The fourth-order valence-electron chi connectivity index (χ4n) is 3.26. The summed E-state index contributed by atoms with van der Waals surface area (Å²) in [4.78, 5) is 4.47. The summed E-state index contributed by atoms with van der Waals surface area (Å²) in [6.07, 6.45) is 2.12. The molecule has 1 aliphatic carbocycles. The number of benzene rings is 2. The van der Waals surface area contributed by atoms with Crippen LogP contribution in [0.5, 0.6) is 5.75 Å². The number of hydrogen-bond donors (Lipinski definition) is 0. The van der Waals surface area contributed by atoms with Crippen LogP contribution >= 0.6 is 0 Å². The van der Waals surface area contributed by atoms with E-state index in [4.69, 9.17) is 13.4 Å². The molecule has 3 aromatic rings. The zero-order valence-electron chi connectivity index (χ0n) is 16.5. The molecule has 0 atom stereocenters. The van der Waals surface area contributed by atoms with Gasteiger partial charge in [0.25, 0.3) is 5.89 Å². The number of nitriles is 1. The van der Waals surface area contributed by atoms with E-state index < -0.39 is 11.0 Å². The molecule has 0 saturated heterocycles. The molecular weight excluding hydrogens is 593 g/mol. The van der Waals surface area contributed by atoms with Crippen LogP contribution in [0.25, 0.3) is 28.6 Å². The monoisotopic (exact) mass is 609 g/mol. The molecule has 2 aromatic carbocycles. The second-order valence-electron chi connectivity index (χ2n) is 6.80. The molecule has 0 saturated carbocycles. The Balaban J connectivity index is 0.00000272. The van der Waals surface area contributed by atoms with Gasteiger partial charge in [-0.25, -0.2) is 0 Å². The van der Waals surface area contributed by atoms with Gasteiger partial charge >= 0.3 is 0 Å². The van der Waals surface area contributed by atoms with E-state index in [2.05, 4.69) is 16.2 Å². The zero-order valence-corrected chi connectivity index (χ0v) is 20.0. The summed E-state index contributed by atoms with van der Waals surface area (Å²) in [6.45, 7) is 3.77. The van der Waals surface area contributed by atoms with Crippen LogP contribution in [0.3, 0.4) is 0 Å². The van der Waals surface area contributed by atoms with Crippen LogP contribution in [0.15, 0.2) is 47.0 Å². The normalized spacial score (nSPS) is 12.2. The molecule has 159 valence electrons. The first-order chi connectivity index (χ1) is 14.5. The van der Waals surface area contributed by atoms with Gasteiger partial charge < -0.3 is 21.9 Å². The molecule has 0 amide bonds. The number of allylic oxidation sites excluding steroid dienone is 1. The molecule has 1 heterocycles. The standard InChI is InChI=1S/C21H16N3O5S.Re/c1-12(2)27-18-8-6-13(10-14(18)11-22)21-23-20(24-28-21)17-5-3-4-16-15(17)7-9-19(16)29-30(25)26;/h3-6,8-10,12H,7H2,1-2H3;/q-1;. The fraction of sp³-hybridized carbons (Fsp3) is 0.190. The number of hydrogen-bond acceptors (Lipinski definition) is 9. The topological polar surface area (TPSA) is 115 Å². The van der Waals surface area contributed by atoms with Crippen molar-refractivity contribution >= 4 is 16.7 Å². The van der Waals surface area contributed by atoms with Crippen molar-refractivity contribution in [1.29, 1.82) is 5.26 Å². The van der Waals surface area contributed by atoms with Gasteiger partial charge in [-0.3, -0.25) is 0 Å². The van der Waals surface area contributed by atoms with E-state index in [1.165, 1.54) is 0 Å². The summed E-state index contributed by atoms with van der Waals surface area (Å²) in [5.41, 5.74) is 3.21. The van der Waals surface area contributed by atoms with Gasteiger partial charge in [-0.2, -0.15) is 10.2 Å². The first-order valence-electron chi connectivity index (χ1n) is 9.11. The average Bonchev–Trinajstić information content (AvgIpc) is 3.35. The van der Waals surface area contributed by atoms with Crippen LogP contribution in [0.2, 0.25) is 0 Å². The third-order valence-corrected chi connectivity index (χ3v) is 4.78. The Kier molecular flexibility index (Phi) is 6.91. The summed E-state index contributed by atoms with van der Waals surface area (Å²) >= 11 is 0. The molecule has 0 aliphatic heterocycles. The van der Waals surface area contributed by atoms with Gasteiger partial charge in [0.05, 0.1) is 11.7 Å². The van der Waals surface area contributed by atoms with E-state index in [9.17, 15) is 13.7 Å². The smallest absolute Gasteiger partial charge is 0.258 e. The quantitative estimate of drug-likeness (QED) is 0.383. The number of fused-ring (bicyclic) bond motifs is 1. The number of nitrogens with zero attached hydrogens (tertiary/aromatic N) is 3. The Bertz CT molecular complexity index is 1270. The molecule has 0 unspecified atom stereocenters. The molecule has 0 fully saturated rings. The third kappa shape index (κ3) is 4.70. The van der Waals surface area contributed by atoms with E-state index in [1.54, 1.807) is 36.4 Å².